The lowest BCUT2D eigenvalue weighted by Crippen LogP contribution is -2.61. The van der Waals surface area contributed by atoms with Gasteiger partial charge in [-0.25, -0.2) is 9.78 Å². The number of carbonyl (C=O) groups excluding carboxylic acids is 1. The van der Waals surface area contributed by atoms with Gasteiger partial charge >= 0.3 is 12.3 Å². The van der Waals surface area contributed by atoms with Gasteiger partial charge in [0.25, 0.3) is 0 Å². The van der Waals surface area contributed by atoms with Crippen molar-refractivity contribution in [1.82, 2.24) is 9.97 Å². The number of fused-ring (bicyclic) bond motifs is 1. The van der Waals surface area contributed by atoms with Crippen molar-refractivity contribution in [2.75, 3.05) is 18.1 Å². The molecule has 0 spiro atoms. The van der Waals surface area contributed by atoms with Crippen molar-refractivity contribution in [3.63, 3.8) is 0 Å². The van der Waals surface area contributed by atoms with Crippen LogP contribution in [-0.4, -0.2) is 70.1 Å². The number of anilines is 1. The fraction of sp³-hybridized carbons (Fsp3) is 0.737. The fourth-order valence-electron chi connectivity index (χ4n) is 3.51. The average Bonchev–Trinajstić information content (AvgIpc) is 2.95. The summed E-state index contributed by atoms with van der Waals surface area (Å²) in [5.74, 6) is -1.43. The first-order chi connectivity index (χ1) is 14.2. The Morgan fingerprint density at radius 1 is 1.26 bits per heavy atom. The van der Waals surface area contributed by atoms with E-state index < -0.39 is 53.7 Å². The first-order valence-electron chi connectivity index (χ1n) is 9.71. The first-order valence-corrected chi connectivity index (χ1v) is 9.71. The van der Waals surface area contributed by atoms with Crippen molar-refractivity contribution >= 4 is 11.9 Å². The molecule has 2 aliphatic rings. The molecule has 9 nitrogen and oxygen atoms in total. The number of ether oxygens (including phenoxy) is 4. The zero-order chi connectivity index (χ0) is 23.2. The quantitative estimate of drug-likeness (QED) is 0.751. The third kappa shape index (κ3) is 5.25. The molecule has 3 rings (SSSR count). The molecule has 0 aromatic carbocycles. The maximum Gasteiger partial charge on any atom is 0.434 e. The van der Waals surface area contributed by atoms with Crippen LogP contribution in [0.5, 0.6) is 0 Å². The van der Waals surface area contributed by atoms with E-state index in [1.807, 2.05) is 0 Å². The van der Waals surface area contributed by atoms with E-state index in [-0.39, 0.29) is 19.0 Å². The smallest absolute Gasteiger partial charge is 0.434 e. The summed E-state index contributed by atoms with van der Waals surface area (Å²) in [6.07, 6.45) is -6.40. The minimum absolute atomic E-state index is 0.150. The topological polar surface area (TPSA) is 103 Å². The normalized spacial score (nSPS) is 28.2. The number of halogens is 3. The lowest BCUT2D eigenvalue weighted by molar-refractivity contribution is -0.157. The fourth-order valence-corrected chi connectivity index (χ4v) is 3.51. The molecule has 1 N–H and O–H groups in total. The average molecular weight is 449 g/mol. The van der Waals surface area contributed by atoms with E-state index in [1.165, 1.54) is 0 Å². The summed E-state index contributed by atoms with van der Waals surface area (Å²) in [6.45, 7) is 7.67. The van der Waals surface area contributed by atoms with Crippen molar-refractivity contribution in [1.29, 1.82) is 0 Å². The Kier molecular flexibility index (Phi) is 6.22. The molecular weight excluding hydrogens is 423 g/mol. The molecule has 1 aromatic rings. The molecule has 1 amide bonds. The number of alkyl halides is 3. The van der Waals surface area contributed by atoms with E-state index in [2.05, 4.69) is 9.97 Å². The molecule has 2 fully saturated rings. The summed E-state index contributed by atoms with van der Waals surface area (Å²) >= 11 is 0. The van der Waals surface area contributed by atoms with Gasteiger partial charge in [-0.2, -0.15) is 13.2 Å². The van der Waals surface area contributed by atoms with Crippen LogP contribution in [0.4, 0.5) is 23.8 Å². The number of rotatable bonds is 3. The number of aliphatic hydroxyl groups excluding tert-OH is 1. The molecule has 3 heterocycles. The molecule has 12 heteroatoms. The van der Waals surface area contributed by atoms with Crippen molar-refractivity contribution in [2.45, 2.75) is 76.5 Å². The van der Waals surface area contributed by atoms with E-state index in [1.54, 1.807) is 34.6 Å². The van der Waals surface area contributed by atoms with Gasteiger partial charge in [0, 0.05) is 0 Å². The number of carbonyl (C=O) groups is 1. The maximum absolute atomic E-state index is 13.2. The molecule has 0 aliphatic carbocycles. The summed E-state index contributed by atoms with van der Waals surface area (Å²) in [6, 6.07) is -0.942. The van der Waals surface area contributed by atoms with Crippen molar-refractivity contribution < 1.29 is 42.0 Å². The third-order valence-corrected chi connectivity index (χ3v) is 4.65. The molecule has 0 unspecified atom stereocenters. The van der Waals surface area contributed by atoms with Gasteiger partial charge < -0.3 is 24.1 Å². The second kappa shape index (κ2) is 8.15. The van der Waals surface area contributed by atoms with Gasteiger partial charge in [0.1, 0.15) is 23.9 Å². The van der Waals surface area contributed by atoms with Crippen LogP contribution in [-0.2, 0) is 25.1 Å². The Balaban J connectivity index is 2.04. The van der Waals surface area contributed by atoms with E-state index in [0.717, 1.165) is 11.1 Å². The van der Waals surface area contributed by atoms with Crippen molar-refractivity contribution in [2.24, 2.45) is 0 Å². The number of aliphatic hydroxyl groups is 1. The van der Waals surface area contributed by atoms with Crippen LogP contribution in [0.15, 0.2) is 12.4 Å². The van der Waals surface area contributed by atoms with Crippen LogP contribution < -0.4 is 4.90 Å². The summed E-state index contributed by atoms with van der Waals surface area (Å²) in [4.78, 5) is 21.2. The minimum atomic E-state index is -4.76. The zero-order valence-corrected chi connectivity index (χ0v) is 17.8. The summed E-state index contributed by atoms with van der Waals surface area (Å²) in [5.41, 5.74) is -2.19. The Labute approximate surface area is 177 Å². The monoisotopic (exact) mass is 449 g/mol. The summed E-state index contributed by atoms with van der Waals surface area (Å²) < 4.78 is 62.5. The van der Waals surface area contributed by atoms with Gasteiger partial charge in [-0.15, -0.1) is 0 Å². The predicted octanol–water partition coefficient (Wildman–Crippen LogP) is 2.52. The van der Waals surface area contributed by atoms with Gasteiger partial charge in [-0.3, -0.25) is 9.88 Å². The molecule has 2 saturated heterocycles. The highest BCUT2D eigenvalue weighted by Gasteiger charge is 2.55. The van der Waals surface area contributed by atoms with Crippen LogP contribution in [0.2, 0.25) is 0 Å². The SMILES string of the molecule is CC(C)(C)OC(=O)N(c1cncc(C(F)(F)F)n1)[C@H]1CO[C@H](CO)[C@@H]2OC(C)(C)O[C@@H]21. The predicted molar refractivity (Wildman–Crippen MR) is 100 cm³/mol. The number of nitrogens with zero attached hydrogens (tertiary/aromatic N) is 3. The van der Waals surface area contributed by atoms with Crippen LogP contribution in [0.25, 0.3) is 0 Å². The van der Waals surface area contributed by atoms with Crippen LogP contribution in [0.3, 0.4) is 0 Å². The summed E-state index contributed by atoms with van der Waals surface area (Å²) in [5, 5.41) is 9.63. The number of aromatic nitrogens is 2. The van der Waals surface area contributed by atoms with E-state index in [4.69, 9.17) is 18.9 Å². The number of amides is 1. The lowest BCUT2D eigenvalue weighted by atomic mass is 9.97. The standard InChI is InChI=1S/C19H26F3N3O6/c1-17(2,3)31-16(27)25(13-7-23-6-12(24-13)19(20,21)22)10-9-28-11(8-26)15-14(10)29-18(4,5)30-15/h6-7,10-11,14-15,26H,8-9H2,1-5H3/t10-,11+,14+,15-/m0/s1. The number of hydrogen-bond donors (Lipinski definition) is 1. The molecular formula is C19H26F3N3O6. The van der Waals surface area contributed by atoms with Crippen molar-refractivity contribution in [3.05, 3.63) is 18.1 Å². The Morgan fingerprint density at radius 3 is 2.48 bits per heavy atom. The molecule has 0 saturated carbocycles. The highest BCUT2D eigenvalue weighted by Crippen LogP contribution is 2.38. The molecule has 4 atom stereocenters. The van der Waals surface area contributed by atoms with E-state index in [0.29, 0.717) is 6.20 Å². The molecule has 0 radical (unpaired) electrons. The maximum atomic E-state index is 13.2. The highest BCUT2D eigenvalue weighted by atomic mass is 19.4. The molecule has 2 aliphatic heterocycles. The van der Waals surface area contributed by atoms with Crippen molar-refractivity contribution in [3.8, 4) is 0 Å². The lowest BCUT2D eigenvalue weighted by Gasteiger charge is -2.41. The largest absolute Gasteiger partial charge is 0.443 e. The van der Waals surface area contributed by atoms with E-state index >= 15 is 0 Å². The van der Waals surface area contributed by atoms with Crippen LogP contribution in [0.1, 0.15) is 40.3 Å². The highest BCUT2D eigenvalue weighted by molar-refractivity contribution is 5.87. The van der Waals surface area contributed by atoms with E-state index in [9.17, 15) is 23.1 Å². The Hall–Kier alpha value is -2.02. The zero-order valence-electron chi connectivity index (χ0n) is 17.8. The minimum Gasteiger partial charge on any atom is -0.443 e. The van der Waals surface area contributed by atoms with Gasteiger partial charge in [0.2, 0.25) is 0 Å². The van der Waals surface area contributed by atoms with Crippen LogP contribution in [0, 0.1) is 0 Å². The number of hydrogen-bond acceptors (Lipinski definition) is 8. The molecule has 1 aromatic heterocycles. The van der Waals surface area contributed by atoms with Gasteiger partial charge in [-0.05, 0) is 34.6 Å². The summed E-state index contributed by atoms with van der Waals surface area (Å²) in [7, 11) is 0. The van der Waals surface area contributed by atoms with Gasteiger partial charge in [0.15, 0.2) is 17.3 Å². The molecule has 0 bridgehead atoms. The molecule has 31 heavy (non-hydrogen) atoms. The van der Waals surface area contributed by atoms with Gasteiger partial charge in [-0.1, -0.05) is 0 Å². The van der Waals surface area contributed by atoms with Crippen LogP contribution >= 0.6 is 0 Å². The second-order valence-electron chi connectivity index (χ2n) is 8.80. The molecule has 174 valence electrons. The second-order valence-corrected chi connectivity index (χ2v) is 8.80. The Bertz CT molecular complexity index is 814. The third-order valence-electron chi connectivity index (χ3n) is 4.65. The van der Waals surface area contributed by atoms with Gasteiger partial charge in [0.05, 0.1) is 31.6 Å². The first kappa shape index (κ1) is 23.6. The Morgan fingerprint density at radius 2 is 1.90 bits per heavy atom.